The van der Waals surface area contributed by atoms with Crippen LogP contribution in [0.3, 0.4) is 0 Å². The Morgan fingerprint density at radius 2 is 1.88 bits per heavy atom. The van der Waals surface area contributed by atoms with E-state index in [0.29, 0.717) is 11.1 Å². The summed E-state index contributed by atoms with van der Waals surface area (Å²) in [5, 5.41) is 8.60. The zero-order valence-corrected chi connectivity index (χ0v) is 9.77. The minimum absolute atomic E-state index is 0.226. The third-order valence-corrected chi connectivity index (χ3v) is 2.01. The summed E-state index contributed by atoms with van der Waals surface area (Å²) in [5.74, 6) is -0.838. The average Bonchev–Trinajstić information content (AvgIpc) is 2.28. The van der Waals surface area contributed by atoms with Gasteiger partial charge >= 0.3 is 5.97 Å². The van der Waals surface area contributed by atoms with Crippen LogP contribution in [-0.2, 0) is 9.53 Å². The maximum absolute atomic E-state index is 11.7. The highest BCUT2D eigenvalue weighted by Crippen LogP contribution is 2.07. The molecule has 0 saturated heterocycles. The number of esters is 1. The van der Waals surface area contributed by atoms with E-state index in [1.54, 1.807) is 26.0 Å². The van der Waals surface area contributed by atoms with Gasteiger partial charge in [0.05, 0.1) is 17.7 Å². The van der Waals surface area contributed by atoms with E-state index in [-0.39, 0.29) is 18.3 Å². The van der Waals surface area contributed by atoms with Crippen molar-refractivity contribution < 1.29 is 14.3 Å². The molecule has 1 aromatic rings. The summed E-state index contributed by atoms with van der Waals surface area (Å²) in [7, 11) is 0. The summed E-state index contributed by atoms with van der Waals surface area (Å²) in [5.41, 5.74) is 0.885. The fourth-order valence-electron chi connectivity index (χ4n) is 1.27. The molecular formula is C13H13NO3. The maximum Gasteiger partial charge on any atom is 0.313 e. The van der Waals surface area contributed by atoms with Gasteiger partial charge in [-0.1, -0.05) is 12.1 Å². The summed E-state index contributed by atoms with van der Waals surface area (Å²) in [6.07, 6.45) is -0.499. The first-order valence-electron chi connectivity index (χ1n) is 5.25. The van der Waals surface area contributed by atoms with Crippen molar-refractivity contribution in [2.24, 2.45) is 0 Å². The molecule has 0 bridgehead atoms. The summed E-state index contributed by atoms with van der Waals surface area (Å²) >= 11 is 0. The number of ether oxygens (including phenoxy) is 1. The van der Waals surface area contributed by atoms with E-state index in [2.05, 4.69) is 0 Å². The number of hydrogen-bond acceptors (Lipinski definition) is 4. The molecule has 88 valence electrons. The van der Waals surface area contributed by atoms with Gasteiger partial charge in [-0.2, -0.15) is 5.26 Å². The Balaban J connectivity index is 2.64. The van der Waals surface area contributed by atoms with Crippen LogP contribution < -0.4 is 0 Å². The summed E-state index contributed by atoms with van der Waals surface area (Å²) in [6.45, 7) is 3.45. The number of carbonyl (C=O) groups is 2. The molecule has 0 aliphatic rings. The predicted molar refractivity (Wildman–Crippen MR) is 61.3 cm³/mol. The highest BCUT2D eigenvalue weighted by Gasteiger charge is 2.13. The van der Waals surface area contributed by atoms with Gasteiger partial charge in [0.15, 0.2) is 5.78 Å². The lowest BCUT2D eigenvalue weighted by atomic mass is 10.1. The highest BCUT2D eigenvalue weighted by atomic mass is 16.5. The molecule has 0 amide bonds. The van der Waals surface area contributed by atoms with Gasteiger partial charge in [0, 0.05) is 5.56 Å². The number of Topliss-reactive ketones (excluding diaryl/α,β-unsaturated/α-hetero) is 1. The molecule has 0 N–H and O–H groups in total. The second kappa shape index (κ2) is 5.80. The van der Waals surface area contributed by atoms with Gasteiger partial charge < -0.3 is 4.74 Å². The largest absolute Gasteiger partial charge is 0.463 e. The van der Waals surface area contributed by atoms with Gasteiger partial charge in [0.2, 0.25) is 0 Å². The van der Waals surface area contributed by atoms with E-state index >= 15 is 0 Å². The predicted octanol–water partition coefficient (Wildman–Crippen LogP) is 2.08. The molecule has 4 heteroatoms. The van der Waals surface area contributed by atoms with Gasteiger partial charge in [0.25, 0.3) is 0 Å². The number of nitrogens with zero attached hydrogens (tertiary/aromatic N) is 1. The second-order valence-electron chi connectivity index (χ2n) is 3.83. The molecule has 0 heterocycles. The van der Waals surface area contributed by atoms with Crippen LogP contribution >= 0.6 is 0 Å². The summed E-state index contributed by atoms with van der Waals surface area (Å²) < 4.78 is 4.88. The Bertz CT molecular complexity index is 455. The second-order valence-corrected chi connectivity index (χ2v) is 3.83. The molecule has 1 rings (SSSR count). The first-order valence-corrected chi connectivity index (χ1v) is 5.25. The summed E-state index contributed by atoms with van der Waals surface area (Å²) in [4.78, 5) is 22.9. The fourth-order valence-corrected chi connectivity index (χ4v) is 1.27. The van der Waals surface area contributed by atoms with Crippen molar-refractivity contribution in [2.45, 2.75) is 26.4 Å². The van der Waals surface area contributed by atoms with Crippen LogP contribution in [0.1, 0.15) is 36.2 Å². The topological polar surface area (TPSA) is 67.2 Å². The zero-order valence-electron chi connectivity index (χ0n) is 9.77. The Hall–Kier alpha value is -2.15. The van der Waals surface area contributed by atoms with Crippen LogP contribution in [0.4, 0.5) is 0 Å². The third kappa shape index (κ3) is 4.07. The minimum atomic E-state index is -0.533. The van der Waals surface area contributed by atoms with E-state index in [1.165, 1.54) is 12.1 Å². The summed E-state index contributed by atoms with van der Waals surface area (Å²) in [6, 6.07) is 8.10. The lowest BCUT2D eigenvalue weighted by Crippen LogP contribution is -2.15. The number of nitriles is 1. The Kier molecular flexibility index (Phi) is 4.41. The molecule has 0 saturated carbocycles. The van der Waals surface area contributed by atoms with Crippen LogP contribution in [0.25, 0.3) is 0 Å². The molecule has 0 radical (unpaired) electrons. The SMILES string of the molecule is CC(C)OC(=O)CC(=O)c1ccc(C#N)cc1. The zero-order chi connectivity index (χ0) is 12.8. The van der Waals surface area contributed by atoms with Gasteiger partial charge in [-0.3, -0.25) is 9.59 Å². The van der Waals surface area contributed by atoms with Crippen molar-refractivity contribution >= 4 is 11.8 Å². The molecule has 0 aromatic heterocycles. The standard InChI is InChI=1S/C13H13NO3/c1-9(2)17-13(16)7-12(15)11-5-3-10(8-14)4-6-11/h3-6,9H,7H2,1-2H3. The van der Waals surface area contributed by atoms with E-state index in [4.69, 9.17) is 10.00 Å². The van der Waals surface area contributed by atoms with Crippen molar-refractivity contribution in [3.05, 3.63) is 35.4 Å². The average molecular weight is 231 g/mol. The molecule has 0 unspecified atom stereocenters. The van der Waals surface area contributed by atoms with E-state index in [0.717, 1.165) is 0 Å². The van der Waals surface area contributed by atoms with E-state index in [9.17, 15) is 9.59 Å². The lowest BCUT2D eigenvalue weighted by molar-refractivity contribution is -0.146. The van der Waals surface area contributed by atoms with Crippen molar-refractivity contribution in [1.29, 1.82) is 5.26 Å². The number of carbonyl (C=O) groups excluding carboxylic acids is 2. The molecule has 0 aliphatic carbocycles. The van der Waals surface area contributed by atoms with Crippen molar-refractivity contribution in [1.82, 2.24) is 0 Å². The van der Waals surface area contributed by atoms with Gasteiger partial charge in [-0.05, 0) is 26.0 Å². The molecule has 0 fully saturated rings. The Morgan fingerprint density at radius 3 is 2.35 bits per heavy atom. The third-order valence-electron chi connectivity index (χ3n) is 2.01. The van der Waals surface area contributed by atoms with Crippen molar-refractivity contribution in [3.63, 3.8) is 0 Å². The first kappa shape index (κ1) is 12.9. The Morgan fingerprint density at radius 1 is 1.29 bits per heavy atom. The van der Waals surface area contributed by atoms with Crippen LogP contribution in [-0.4, -0.2) is 17.9 Å². The number of ketones is 1. The van der Waals surface area contributed by atoms with E-state index < -0.39 is 5.97 Å². The van der Waals surface area contributed by atoms with Crippen LogP contribution in [0.15, 0.2) is 24.3 Å². The molecule has 4 nitrogen and oxygen atoms in total. The molecule has 0 atom stereocenters. The molecule has 0 aliphatic heterocycles. The highest BCUT2D eigenvalue weighted by molar-refractivity contribution is 6.05. The van der Waals surface area contributed by atoms with Crippen LogP contribution in [0.2, 0.25) is 0 Å². The molecule has 1 aromatic carbocycles. The maximum atomic E-state index is 11.7. The number of benzene rings is 1. The molecular weight excluding hydrogens is 218 g/mol. The van der Waals surface area contributed by atoms with Crippen LogP contribution in [0, 0.1) is 11.3 Å². The fraction of sp³-hybridized carbons (Fsp3) is 0.308. The monoisotopic (exact) mass is 231 g/mol. The van der Waals surface area contributed by atoms with E-state index in [1.807, 2.05) is 6.07 Å². The van der Waals surface area contributed by atoms with Crippen molar-refractivity contribution in [3.8, 4) is 6.07 Å². The number of rotatable bonds is 4. The van der Waals surface area contributed by atoms with Gasteiger partial charge in [0.1, 0.15) is 6.42 Å². The van der Waals surface area contributed by atoms with Crippen molar-refractivity contribution in [2.75, 3.05) is 0 Å². The van der Waals surface area contributed by atoms with Gasteiger partial charge in [-0.15, -0.1) is 0 Å². The molecule has 0 spiro atoms. The normalized spacial score (nSPS) is 9.76. The lowest BCUT2D eigenvalue weighted by Gasteiger charge is -2.07. The molecule has 17 heavy (non-hydrogen) atoms. The smallest absolute Gasteiger partial charge is 0.313 e. The van der Waals surface area contributed by atoms with Crippen LogP contribution in [0.5, 0.6) is 0 Å². The minimum Gasteiger partial charge on any atom is -0.463 e. The first-order chi connectivity index (χ1) is 8.02. The quantitative estimate of drug-likeness (QED) is 0.452. The Labute approximate surface area is 99.8 Å². The number of hydrogen-bond donors (Lipinski definition) is 0. The van der Waals surface area contributed by atoms with Gasteiger partial charge in [-0.25, -0.2) is 0 Å².